The molecule has 0 unspecified atom stereocenters. The summed E-state index contributed by atoms with van der Waals surface area (Å²) in [7, 11) is -0.272. The molecule has 2 aromatic rings. The van der Waals surface area contributed by atoms with Crippen molar-refractivity contribution >= 4 is 50.8 Å². The van der Waals surface area contributed by atoms with Crippen LogP contribution in [0, 0.1) is 0 Å². The number of sulfonamides is 1. The number of carbonyl (C=O) groups excluding carboxylic acids is 3. The molecule has 0 aromatic heterocycles. The van der Waals surface area contributed by atoms with Gasteiger partial charge in [-0.05, 0) is 36.4 Å². The highest BCUT2D eigenvalue weighted by atomic mass is 35.5. The van der Waals surface area contributed by atoms with Crippen molar-refractivity contribution in [2.45, 2.75) is 0 Å². The van der Waals surface area contributed by atoms with E-state index in [-0.39, 0.29) is 33.3 Å². The summed E-state index contributed by atoms with van der Waals surface area (Å²) >= 11 is 5.99. The van der Waals surface area contributed by atoms with E-state index in [2.05, 4.69) is 14.8 Å². The molecule has 0 saturated heterocycles. The Morgan fingerprint density at radius 1 is 1.00 bits per heavy atom. The van der Waals surface area contributed by atoms with Crippen molar-refractivity contribution in [3.63, 3.8) is 0 Å². The zero-order valence-corrected chi connectivity index (χ0v) is 19.2. The van der Waals surface area contributed by atoms with Gasteiger partial charge in [-0.2, -0.15) is 0 Å². The summed E-state index contributed by atoms with van der Waals surface area (Å²) < 4.78 is 40.2. The van der Waals surface area contributed by atoms with Crippen LogP contribution in [-0.4, -0.2) is 60.4 Å². The second-order valence-electron chi connectivity index (χ2n) is 6.38. The van der Waals surface area contributed by atoms with Crippen molar-refractivity contribution < 1.29 is 37.0 Å². The van der Waals surface area contributed by atoms with Gasteiger partial charge in [0, 0.05) is 5.02 Å². The van der Waals surface area contributed by atoms with Gasteiger partial charge in [-0.3, -0.25) is 9.10 Å². The Bertz CT molecular complexity index is 1150. The lowest BCUT2D eigenvalue weighted by Gasteiger charge is -2.24. The molecule has 32 heavy (non-hydrogen) atoms. The van der Waals surface area contributed by atoms with E-state index in [0.717, 1.165) is 17.7 Å². The van der Waals surface area contributed by atoms with Crippen LogP contribution in [0.15, 0.2) is 36.4 Å². The molecule has 0 aliphatic carbocycles. The lowest BCUT2D eigenvalue weighted by Crippen LogP contribution is -2.38. The minimum Gasteiger partial charge on any atom is -0.495 e. The van der Waals surface area contributed by atoms with Crippen molar-refractivity contribution in [3.8, 4) is 5.75 Å². The number of anilines is 2. The summed E-state index contributed by atoms with van der Waals surface area (Å²) in [4.78, 5) is 36.7. The van der Waals surface area contributed by atoms with Crippen molar-refractivity contribution in [2.75, 3.05) is 43.8 Å². The molecule has 0 fully saturated rings. The van der Waals surface area contributed by atoms with E-state index in [9.17, 15) is 22.8 Å². The molecule has 0 aliphatic rings. The smallest absolute Gasteiger partial charge is 0.339 e. The molecule has 12 heteroatoms. The zero-order chi connectivity index (χ0) is 24.1. The Morgan fingerprint density at radius 2 is 1.66 bits per heavy atom. The summed E-state index contributed by atoms with van der Waals surface area (Å²) in [6.07, 6.45) is 0.915. The van der Waals surface area contributed by atoms with Gasteiger partial charge in [0.2, 0.25) is 15.9 Å². The number of amides is 1. The van der Waals surface area contributed by atoms with Gasteiger partial charge >= 0.3 is 11.9 Å². The third kappa shape index (κ3) is 5.89. The summed E-state index contributed by atoms with van der Waals surface area (Å²) in [5.41, 5.74) is 0.0112. The molecule has 1 amide bonds. The minimum atomic E-state index is -3.94. The Balaban J connectivity index is 2.44. The molecular weight excluding hydrogens is 464 g/mol. The summed E-state index contributed by atoms with van der Waals surface area (Å²) in [5, 5.41) is 2.67. The number of nitrogens with zero attached hydrogens (tertiary/aromatic N) is 1. The van der Waals surface area contributed by atoms with E-state index in [1.807, 2.05) is 0 Å². The van der Waals surface area contributed by atoms with Crippen LogP contribution in [0.4, 0.5) is 11.4 Å². The first-order chi connectivity index (χ1) is 15.0. The molecule has 172 valence electrons. The maximum absolute atomic E-state index is 12.8. The van der Waals surface area contributed by atoms with Gasteiger partial charge in [0.05, 0.1) is 50.1 Å². The van der Waals surface area contributed by atoms with Crippen LogP contribution in [0.3, 0.4) is 0 Å². The van der Waals surface area contributed by atoms with E-state index in [1.54, 1.807) is 0 Å². The number of rotatable bonds is 8. The molecule has 0 atom stereocenters. The Labute approximate surface area is 190 Å². The van der Waals surface area contributed by atoms with Crippen LogP contribution in [0.2, 0.25) is 5.02 Å². The molecule has 2 aromatic carbocycles. The van der Waals surface area contributed by atoms with Crippen LogP contribution in [0.1, 0.15) is 20.7 Å². The van der Waals surface area contributed by atoms with Gasteiger partial charge in [-0.25, -0.2) is 18.0 Å². The number of methoxy groups -OCH3 is 3. The molecule has 1 N–H and O–H groups in total. The lowest BCUT2D eigenvalue weighted by molar-refractivity contribution is -0.114. The number of esters is 2. The monoisotopic (exact) mass is 484 g/mol. The summed E-state index contributed by atoms with van der Waals surface area (Å²) in [6.45, 7) is -0.668. The second-order valence-corrected chi connectivity index (χ2v) is 8.72. The maximum atomic E-state index is 12.8. The van der Waals surface area contributed by atoms with Crippen LogP contribution >= 0.6 is 11.6 Å². The van der Waals surface area contributed by atoms with E-state index >= 15 is 0 Å². The summed E-state index contributed by atoms with van der Waals surface area (Å²) in [5.74, 6) is -2.09. The van der Waals surface area contributed by atoms with Crippen LogP contribution in [0.25, 0.3) is 0 Å². The average molecular weight is 485 g/mol. The van der Waals surface area contributed by atoms with E-state index in [1.165, 1.54) is 50.6 Å². The fourth-order valence-electron chi connectivity index (χ4n) is 2.74. The third-order valence-corrected chi connectivity index (χ3v) is 5.58. The molecule has 0 bridgehead atoms. The van der Waals surface area contributed by atoms with Gasteiger partial charge in [0.15, 0.2) is 0 Å². The predicted molar refractivity (Wildman–Crippen MR) is 118 cm³/mol. The first kappa shape index (κ1) is 25.0. The predicted octanol–water partition coefficient (Wildman–Crippen LogP) is 2.33. The van der Waals surface area contributed by atoms with Gasteiger partial charge in [-0.1, -0.05) is 11.6 Å². The van der Waals surface area contributed by atoms with Crippen molar-refractivity contribution in [1.29, 1.82) is 0 Å². The van der Waals surface area contributed by atoms with Crippen molar-refractivity contribution in [2.24, 2.45) is 0 Å². The van der Waals surface area contributed by atoms with Gasteiger partial charge < -0.3 is 19.5 Å². The van der Waals surface area contributed by atoms with E-state index < -0.39 is 34.4 Å². The number of hydrogen-bond donors (Lipinski definition) is 1. The SMILES string of the molecule is COC(=O)c1ccc(C(=O)OC)c(NC(=O)CN(c2cc(Cl)ccc2OC)S(C)(=O)=O)c1. The number of carbonyl (C=O) groups is 3. The number of ether oxygens (including phenoxy) is 3. The number of hydrogen-bond acceptors (Lipinski definition) is 8. The minimum absolute atomic E-state index is 0.0419. The van der Waals surface area contributed by atoms with E-state index in [4.69, 9.17) is 16.3 Å². The van der Waals surface area contributed by atoms with Crippen LogP contribution in [0.5, 0.6) is 5.75 Å². The second kappa shape index (κ2) is 10.3. The Morgan fingerprint density at radius 3 is 2.22 bits per heavy atom. The Kier molecular flexibility index (Phi) is 8.06. The van der Waals surface area contributed by atoms with Crippen molar-refractivity contribution in [1.82, 2.24) is 0 Å². The Hall–Kier alpha value is -3.31. The highest BCUT2D eigenvalue weighted by Crippen LogP contribution is 2.32. The fourth-order valence-corrected chi connectivity index (χ4v) is 3.76. The first-order valence-corrected chi connectivity index (χ1v) is 11.2. The highest BCUT2D eigenvalue weighted by molar-refractivity contribution is 7.92. The molecule has 0 aliphatic heterocycles. The normalized spacial score (nSPS) is 10.8. The average Bonchev–Trinajstić information content (AvgIpc) is 2.75. The molecular formula is C20H21ClN2O8S. The lowest BCUT2D eigenvalue weighted by atomic mass is 10.1. The number of halogens is 1. The van der Waals surface area contributed by atoms with Gasteiger partial charge in [-0.15, -0.1) is 0 Å². The third-order valence-electron chi connectivity index (χ3n) is 4.22. The first-order valence-electron chi connectivity index (χ1n) is 8.93. The number of benzene rings is 2. The van der Waals surface area contributed by atoms with Crippen LogP contribution < -0.4 is 14.4 Å². The zero-order valence-electron chi connectivity index (χ0n) is 17.7. The molecule has 0 radical (unpaired) electrons. The van der Waals surface area contributed by atoms with Gasteiger partial charge in [0.1, 0.15) is 12.3 Å². The maximum Gasteiger partial charge on any atom is 0.339 e. The molecule has 10 nitrogen and oxygen atoms in total. The number of nitrogens with one attached hydrogen (secondary N) is 1. The topological polar surface area (TPSA) is 128 Å². The fraction of sp³-hybridized carbons (Fsp3) is 0.250. The van der Waals surface area contributed by atoms with Crippen molar-refractivity contribution in [3.05, 3.63) is 52.5 Å². The van der Waals surface area contributed by atoms with Crippen LogP contribution in [-0.2, 0) is 24.3 Å². The standard InChI is InChI=1S/C20H21ClN2O8S/c1-29-17-8-6-13(21)10-16(17)23(32(4,27)28)11-18(24)22-15-9-12(19(25)30-2)5-7-14(15)20(26)31-3/h5-10H,11H2,1-4H3,(H,22,24). The molecule has 0 saturated carbocycles. The largest absolute Gasteiger partial charge is 0.495 e. The molecule has 0 spiro atoms. The quantitative estimate of drug-likeness (QED) is 0.565. The van der Waals surface area contributed by atoms with Gasteiger partial charge in [0.25, 0.3) is 0 Å². The molecule has 2 rings (SSSR count). The molecule has 0 heterocycles. The van der Waals surface area contributed by atoms with E-state index in [0.29, 0.717) is 0 Å². The highest BCUT2D eigenvalue weighted by Gasteiger charge is 2.25. The summed E-state index contributed by atoms with van der Waals surface area (Å²) in [6, 6.07) is 8.14.